The van der Waals surface area contributed by atoms with Gasteiger partial charge in [0.05, 0.1) is 42.4 Å². The number of nitrogens with one attached hydrogen (secondary N) is 3. The molecule has 4 rings (SSSR count). The molecular formula is C28H49N7O2. The highest BCUT2D eigenvalue weighted by Gasteiger charge is 2.66. The summed E-state index contributed by atoms with van der Waals surface area (Å²) in [4.78, 5) is 18.8. The number of carbonyl (C=O) groups is 1. The Morgan fingerprint density at radius 3 is 2.62 bits per heavy atom. The molecule has 0 aromatic rings. The summed E-state index contributed by atoms with van der Waals surface area (Å²) in [6.07, 6.45) is 10.9. The Balaban J connectivity index is 1.51. The molecule has 0 spiro atoms. The summed E-state index contributed by atoms with van der Waals surface area (Å²) in [6.45, 7) is 8.00. The highest BCUT2D eigenvalue weighted by Crippen LogP contribution is 2.73. The van der Waals surface area contributed by atoms with E-state index in [1.165, 1.54) is 0 Å². The van der Waals surface area contributed by atoms with Crippen LogP contribution in [0.2, 0.25) is 0 Å². The zero-order valence-electron chi connectivity index (χ0n) is 22.9. The van der Waals surface area contributed by atoms with Crippen molar-refractivity contribution in [1.29, 1.82) is 5.26 Å². The Kier molecular flexibility index (Phi) is 9.63. The van der Waals surface area contributed by atoms with Crippen molar-refractivity contribution in [3.05, 3.63) is 0 Å². The minimum absolute atomic E-state index is 0.0218. The Bertz CT molecular complexity index is 839. The number of amides is 1. The number of nitriles is 1. The smallest absolute Gasteiger partial charge is 0.228 e. The number of nitrogens with zero attached hydrogens (tertiary/aromatic N) is 2. The number of nitrogens with two attached hydrogens (primary N) is 2. The standard InChI is InChI=1S/C28H49N7O2/c1-3-9-28-14-19(5-10-29)16-34-21(15-27(28,4-2)18-28)24(25(30)31)26(36)35-22-17-33-13-8-23(22)37-20-6-11-32-12-7-20/h16,19-25,32-33H,3-9,11-15,17-18,30-31H2,1-2H3,(H,35,36)/b34-16-. The summed E-state index contributed by atoms with van der Waals surface area (Å²) >= 11 is 0. The van der Waals surface area contributed by atoms with Gasteiger partial charge >= 0.3 is 0 Å². The van der Waals surface area contributed by atoms with E-state index in [0.29, 0.717) is 13.0 Å². The minimum atomic E-state index is -0.815. The quantitative estimate of drug-likeness (QED) is 0.278. The topological polar surface area (TPSA) is 151 Å². The number of hydrogen-bond donors (Lipinski definition) is 5. The van der Waals surface area contributed by atoms with Gasteiger partial charge < -0.3 is 32.2 Å². The fraction of sp³-hybridized carbons (Fsp3) is 0.893. The number of carbonyl (C=O) groups excluding carboxylic acids is 1. The monoisotopic (exact) mass is 515 g/mol. The molecule has 2 saturated heterocycles. The summed E-state index contributed by atoms with van der Waals surface area (Å²) in [5.41, 5.74) is 13.0. The maximum absolute atomic E-state index is 13.8. The zero-order chi connectivity index (χ0) is 26.5. The maximum Gasteiger partial charge on any atom is 0.228 e. The van der Waals surface area contributed by atoms with Crippen LogP contribution in [0.3, 0.4) is 0 Å². The summed E-state index contributed by atoms with van der Waals surface area (Å²) in [5.74, 6) is -0.646. The molecule has 0 bridgehead atoms. The Hall–Kier alpha value is -1.57. The van der Waals surface area contributed by atoms with Crippen LogP contribution < -0.4 is 27.4 Å². The molecule has 0 radical (unpaired) electrons. The summed E-state index contributed by atoms with van der Waals surface area (Å²) < 4.78 is 6.49. The van der Waals surface area contributed by atoms with Gasteiger partial charge in [0.15, 0.2) is 0 Å². The lowest BCUT2D eigenvalue weighted by molar-refractivity contribution is -0.130. The van der Waals surface area contributed by atoms with Crippen molar-refractivity contribution in [3.63, 3.8) is 0 Å². The van der Waals surface area contributed by atoms with Crippen molar-refractivity contribution >= 4 is 12.1 Å². The van der Waals surface area contributed by atoms with Gasteiger partial charge in [-0.2, -0.15) is 5.26 Å². The van der Waals surface area contributed by atoms with E-state index in [0.717, 1.165) is 77.4 Å². The summed E-state index contributed by atoms with van der Waals surface area (Å²) in [5, 5.41) is 19.5. The van der Waals surface area contributed by atoms with Crippen molar-refractivity contribution in [2.45, 2.75) is 109 Å². The van der Waals surface area contributed by atoms with Gasteiger partial charge in [-0.25, -0.2) is 0 Å². The van der Waals surface area contributed by atoms with E-state index in [1.54, 1.807) is 0 Å². The first-order valence-electron chi connectivity index (χ1n) is 14.7. The molecule has 7 atom stereocenters. The molecule has 0 aromatic carbocycles. The Morgan fingerprint density at radius 2 is 1.95 bits per heavy atom. The third-order valence-corrected chi connectivity index (χ3v) is 9.71. The van der Waals surface area contributed by atoms with Crippen molar-refractivity contribution < 1.29 is 9.53 Å². The lowest BCUT2D eigenvalue weighted by Crippen LogP contribution is -2.60. The lowest BCUT2D eigenvalue weighted by atomic mass is 9.74. The van der Waals surface area contributed by atoms with E-state index in [4.69, 9.17) is 21.2 Å². The van der Waals surface area contributed by atoms with Crippen molar-refractivity contribution in [3.8, 4) is 6.07 Å². The molecule has 3 heterocycles. The number of ether oxygens (including phenoxy) is 1. The van der Waals surface area contributed by atoms with Crippen molar-refractivity contribution in [2.24, 2.45) is 39.1 Å². The summed E-state index contributed by atoms with van der Waals surface area (Å²) in [7, 11) is 0. The Labute approximate surface area is 222 Å². The lowest BCUT2D eigenvalue weighted by Gasteiger charge is -2.38. The molecule has 208 valence electrons. The van der Waals surface area contributed by atoms with Gasteiger partial charge in [-0.3, -0.25) is 9.79 Å². The molecule has 1 amide bonds. The molecule has 7 unspecified atom stereocenters. The zero-order valence-corrected chi connectivity index (χ0v) is 22.9. The minimum Gasteiger partial charge on any atom is -0.373 e. The van der Waals surface area contributed by atoms with Gasteiger partial charge in [-0.15, -0.1) is 0 Å². The van der Waals surface area contributed by atoms with Crippen molar-refractivity contribution in [1.82, 2.24) is 16.0 Å². The van der Waals surface area contributed by atoms with E-state index in [-0.39, 0.29) is 46.9 Å². The predicted octanol–water partition coefficient (Wildman–Crippen LogP) is 1.81. The van der Waals surface area contributed by atoms with E-state index >= 15 is 0 Å². The van der Waals surface area contributed by atoms with Crippen LogP contribution in [0.1, 0.15) is 78.1 Å². The van der Waals surface area contributed by atoms with E-state index < -0.39 is 12.1 Å². The second-order valence-electron chi connectivity index (χ2n) is 12.1. The van der Waals surface area contributed by atoms with Crippen LogP contribution in [-0.4, -0.2) is 68.8 Å². The first-order valence-corrected chi connectivity index (χ1v) is 14.7. The Morgan fingerprint density at radius 1 is 1.19 bits per heavy atom. The van der Waals surface area contributed by atoms with Crippen LogP contribution in [0.15, 0.2) is 4.99 Å². The van der Waals surface area contributed by atoms with Gasteiger partial charge in [0.25, 0.3) is 0 Å². The molecule has 0 aromatic heterocycles. The molecule has 9 heteroatoms. The number of aliphatic imine (C=N–C) groups is 1. The summed E-state index contributed by atoms with van der Waals surface area (Å²) in [6, 6.07) is 1.94. The molecule has 1 aliphatic carbocycles. The fourth-order valence-electron chi connectivity index (χ4n) is 7.67. The first-order chi connectivity index (χ1) is 17.9. The van der Waals surface area contributed by atoms with E-state index in [9.17, 15) is 10.1 Å². The number of piperidine rings is 2. The number of fused-ring (bicyclic) bond motifs is 1. The van der Waals surface area contributed by atoms with Crippen LogP contribution >= 0.6 is 0 Å². The highest BCUT2D eigenvalue weighted by atomic mass is 16.5. The molecule has 4 aliphatic rings. The third kappa shape index (κ3) is 6.36. The van der Waals surface area contributed by atoms with Crippen LogP contribution in [0.4, 0.5) is 0 Å². The fourth-order valence-corrected chi connectivity index (χ4v) is 7.67. The van der Waals surface area contributed by atoms with Crippen LogP contribution in [0.25, 0.3) is 0 Å². The van der Waals surface area contributed by atoms with Gasteiger partial charge in [0.1, 0.15) is 0 Å². The molecule has 3 aliphatic heterocycles. The average molecular weight is 516 g/mol. The normalized spacial score (nSPS) is 38.1. The van der Waals surface area contributed by atoms with Crippen molar-refractivity contribution in [2.75, 3.05) is 26.2 Å². The molecule has 7 N–H and O–H groups in total. The van der Waals surface area contributed by atoms with Crippen LogP contribution in [0.5, 0.6) is 0 Å². The van der Waals surface area contributed by atoms with E-state index in [1.807, 2.05) is 6.21 Å². The average Bonchev–Trinajstić information content (AvgIpc) is 3.47. The largest absolute Gasteiger partial charge is 0.373 e. The first kappa shape index (κ1) is 28.4. The molecular weight excluding hydrogens is 466 g/mol. The second kappa shape index (κ2) is 12.5. The SMILES string of the molecule is CCCC12CC(CC#N)/C=N\C(C(C(=O)NC3CNCCC3OC3CCNCC3)C(N)N)CC1(CC)C2. The highest BCUT2D eigenvalue weighted by molar-refractivity contribution is 5.81. The van der Waals surface area contributed by atoms with Gasteiger partial charge in [-0.1, -0.05) is 20.3 Å². The molecule has 9 nitrogen and oxygen atoms in total. The van der Waals surface area contributed by atoms with Gasteiger partial charge in [0.2, 0.25) is 5.91 Å². The maximum atomic E-state index is 13.8. The number of hydrogen-bond acceptors (Lipinski definition) is 8. The molecule has 1 saturated carbocycles. The van der Waals surface area contributed by atoms with Crippen LogP contribution in [-0.2, 0) is 9.53 Å². The predicted molar refractivity (Wildman–Crippen MR) is 146 cm³/mol. The number of rotatable bonds is 10. The van der Waals surface area contributed by atoms with E-state index in [2.05, 4.69) is 35.9 Å². The molecule has 37 heavy (non-hydrogen) atoms. The van der Waals surface area contributed by atoms with Crippen LogP contribution in [0, 0.1) is 34.0 Å². The molecule has 3 fully saturated rings. The van der Waals surface area contributed by atoms with Gasteiger partial charge in [-0.05, 0) is 81.8 Å². The third-order valence-electron chi connectivity index (χ3n) is 9.71. The second-order valence-corrected chi connectivity index (χ2v) is 12.1. The van der Waals surface area contributed by atoms with Gasteiger partial charge in [0, 0.05) is 25.1 Å².